The lowest BCUT2D eigenvalue weighted by Gasteiger charge is -2.10. The van der Waals surface area contributed by atoms with E-state index in [0.29, 0.717) is 10.0 Å². The lowest BCUT2D eigenvalue weighted by atomic mass is 10.3. The summed E-state index contributed by atoms with van der Waals surface area (Å²) in [6.45, 7) is 5.58. The summed E-state index contributed by atoms with van der Waals surface area (Å²) in [5, 5.41) is 3.22. The second-order valence-electron chi connectivity index (χ2n) is 4.64. The highest BCUT2D eigenvalue weighted by Crippen LogP contribution is 2.23. The minimum atomic E-state index is -3.51. The van der Waals surface area contributed by atoms with Crippen molar-refractivity contribution >= 4 is 21.4 Å². The number of rotatable bonds is 8. The minimum Gasteiger partial charge on any atom is -0.347 e. The fourth-order valence-corrected chi connectivity index (χ4v) is 4.47. The van der Waals surface area contributed by atoms with Crippen LogP contribution in [0.1, 0.15) is 30.6 Å². The van der Waals surface area contributed by atoms with Crippen molar-refractivity contribution < 1.29 is 8.42 Å². The Bertz CT molecular complexity index is 650. The molecule has 0 aliphatic heterocycles. The summed E-state index contributed by atoms with van der Waals surface area (Å²) in [5.74, 6) is 0.600. The number of likely N-dealkylation sites (N-methyl/N-ethyl adjacent to an activating group) is 1. The average Bonchev–Trinajstić information content (AvgIpc) is 3.10. The molecule has 0 saturated heterocycles. The Kier molecular flexibility index (Phi) is 5.51. The molecule has 2 rings (SSSR count). The molecule has 0 amide bonds. The van der Waals surface area contributed by atoms with E-state index in [-0.39, 0.29) is 0 Å². The van der Waals surface area contributed by atoms with Gasteiger partial charge in [0.2, 0.25) is 0 Å². The van der Waals surface area contributed by atoms with Gasteiger partial charge in [-0.2, -0.15) is 0 Å². The van der Waals surface area contributed by atoms with Crippen molar-refractivity contribution in [2.75, 3.05) is 13.1 Å². The summed E-state index contributed by atoms with van der Waals surface area (Å²) in [6.07, 6.45) is 4.11. The molecule has 0 fully saturated rings. The minimum absolute atomic E-state index is 0.340. The molecule has 2 aromatic rings. The summed E-state index contributed by atoms with van der Waals surface area (Å²) >= 11 is 1.31. The van der Waals surface area contributed by atoms with E-state index in [9.17, 15) is 8.42 Å². The summed E-state index contributed by atoms with van der Waals surface area (Å²) in [7, 11) is -3.51. The number of aromatic nitrogens is 2. The van der Waals surface area contributed by atoms with Gasteiger partial charge in [-0.05, 0) is 38.6 Å². The topological polar surface area (TPSA) is 86.9 Å². The van der Waals surface area contributed by atoms with E-state index in [2.05, 4.69) is 20.0 Å². The van der Waals surface area contributed by atoms with Crippen LogP contribution in [0, 0.1) is 0 Å². The van der Waals surface area contributed by atoms with Crippen LogP contribution < -0.4 is 10.0 Å². The standard InChI is InChI=1S/C13H20N4O2S2/c1-3-14-7-6-11-4-5-12(20-11)21(18,19)17-10(2)13-15-8-9-16-13/h4-5,8-10,14,17H,3,6-7H2,1-2H3,(H,15,16). The molecule has 6 nitrogen and oxygen atoms in total. The number of hydrogen-bond donors (Lipinski definition) is 3. The summed E-state index contributed by atoms with van der Waals surface area (Å²) in [4.78, 5) is 8.03. The van der Waals surface area contributed by atoms with Crippen LogP contribution in [0.25, 0.3) is 0 Å². The van der Waals surface area contributed by atoms with Crippen molar-refractivity contribution in [2.45, 2.75) is 30.5 Å². The monoisotopic (exact) mass is 328 g/mol. The van der Waals surface area contributed by atoms with Gasteiger partial charge in [0.15, 0.2) is 0 Å². The van der Waals surface area contributed by atoms with Crippen LogP contribution in [0.2, 0.25) is 0 Å². The van der Waals surface area contributed by atoms with E-state index in [0.717, 1.165) is 24.4 Å². The first-order valence-corrected chi connectivity index (χ1v) is 9.14. The molecule has 21 heavy (non-hydrogen) atoms. The summed E-state index contributed by atoms with van der Waals surface area (Å²) < 4.78 is 27.6. The zero-order valence-corrected chi connectivity index (χ0v) is 13.7. The van der Waals surface area contributed by atoms with E-state index >= 15 is 0 Å². The second-order valence-corrected chi connectivity index (χ2v) is 7.75. The number of aromatic amines is 1. The van der Waals surface area contributed by atoms with Gasteiger partial charge >= 0.3 is 0 Å². The molecule has 2 aromatic heterocycles. The fourth-order valence-electron chi connectivity index (χ4n) is 1.89. The molecule has 1 unspecified atom stereocenters. The van der Waals surface area contributed by atoms with Gasteiger partial charge in [0, 0.05) is 17.3 Å². The number of nitrogens with zero attached hydrogens (tertiary/aromatic N) is 1. The molecule has 0 bridgehead atoms. The van der Waals surface area contributed by atoms with Gasteiger partial charge < -0.3 is 10.3 Å². The van der Waals surface area contributed by atoms with Crippen LogP contribution in [-0.2, 0) is 16.4 Å². The normalized spacial score (nSPS) is 13.4. The van der Waals surface area contributed by atoms with Crippen LogP contribution in [0.5, 0.6) is 0 Å². The number of hydrogen-bond acceptors (Lipinski definition) is 5. The highest BCUT2D eigenvalue weighted by atomic mass is 32.2. The van der Waals surface area contributed by atoms with E-state index in [1.54, 1.807) is 25.4 Å². The van der Waals surface area contributed by atoms with E-state index in [4.69, 9.17) is 0 Å². The zero-order valence-electron chi connectivity index (χ0n) is 12.1. The highest BCUT2D eigenvalue weighted by Gasteiger charge is 2.21. The third-order valence-corrected chi connectivity index (χ3v) is 6.14. The Balaban J connectivity index is 2.02. The number of H-pyrrole nitrogens is 1. The predicted octanol–water partition coefficient (Wildman–Crippen LogP) is 1.66. The lowest BCUT2D eigenvalue weighted by molar-refractivity contribution is 0.563. The van der Waals surface area contributed by atoms with Gasteiger partial charge in [0.05, 0.1) is 6.04 Å². The molecular weight excluding hydrogens is 308 g/mol. The van der Waals surface area contributed by atoms with Crippen molar-refractivity contribution in [1.82, 2.24) is 20.0 Å². The van der Waals surface area contributed by atoms with E-state index in [1.807, 2.05) is 13.0 Å². The van der Waals surface area contributed by atoms with Gasteiger partial charge in [-0.15, -0.1) is 11.3 Å². The molecule has 0 aromatic carbocycles. The SMILES string of the molecule is CCNCCc1ccc(S(=O)(=O)NC(C)c2ncc[nH]2)s1. The first-order valence-electron chi connectivity index (χ1n) is 6.84. The third-order valence-electron chi connectivity index (χ3n) is 2.96. The molecule has 0 saturated carbocycles. The Labute approximate surface area is 129 Å². The Morgan fingerprint density at radius 2 is 2.24 bits per heavy atom. The molecule has 3 N–H and O–H groups in total. The second kappa shape index (κ2) is 7.17. The highest BCUT2D eigenvalue weighted by molar-refractivity contribution is 7.91. The molecule has 1 atom stereocenters. The first kappa shape index (κ1) is 16.2. The predicted molar refractivity (Wildman–Crippen MR) is 83.9 cm³/mol. The zero-order chi connectivity index (χ0) is 15.3. The van der Waals surface area contributed by atoms with Crippen LogP contribution in [0.3, 0.4) is 0 Å². The van der Waals surface area contributed by atoms with Gasteiger partial charge in [-0.3, -0.25) is 0 Å². The van der Waals surface area contributed by atoms with E-state index < -0.39 is 16.1 Å². The average molecular weight is 328 g/mol. The van der Waals surface area contributed by atoms with Crippen molar-refractivity contribution in [3.63, 3.8) is 0 Å². The van der Waals surface area contributed by atoms with Crippen molar-refractivity contribution in [2.24, 2.45) is 0 Å². The van der Waals surface area contributed by atoms with Crippen LogP contribution >= 0.6 is 11.3 Å². The smallest absolute Gasteiger partial charge is 0.250 e. The maximum atomic E-state index is 12.3. The Morgan fingerprint density at radius 3 is 2.90 bits per heavy atom. The van der Waals surface area contributed by atoms with Crippen molar-refractivity contribution in [3.8, 4) is 0 Å². The fraction of sp³-hybridized carbons (Fsp3) is 0.462. The summed E-state index contributed by atoms with van der Waals surface area (Å²) in [6, 6.07) is 3.13. The molecule has 116 valence electrons. The first-order chi connectivity index (χ1) is 10.0. The van der Waals surface area contributed by atoms with Gasteiger partial charge in [-0.25, -0.2) is 18.1 Å². The van der Waals surface area contributed by atoms with Gasteiger partial charge in [0.1, 0.15) is 10.0 Å². The molecule has 0 spiro atoms. The number of nitrogens with one attached hydrogen (secondary N) is 3. The van der Waals surface area contributed by atoms with Crippen molar-refractivity contribution in [1.29, 1.82) is 0 Å². The van der Waals surface area contributed by atoms with E-state index in [1.165, 1.54) is 11.3 Å². The largest absolute Gasteiger partial charge is 0.347 e. The number of sulfonamides is 1. The molecule has 2 heterocycles. The molecule has 8 heteroatoms. The van der Waals surface area contributed by atoms with Crippen LogP contribution in [-0.4, -0.2) is 31.5 Å². The van der Waals surface area contributed by atoms with Gasteiger partial charge in [0.25, 0.3) is 10.0 Å². The van der Waals surface area contributed by atoms with Gasteiger partial charge in [-0.1, -0.05) is 6.92 Å². The number of thiophene rings is 1. The molecule has 0 radical (unpaired) electrons. The Morgan fingerprint density at radius 1 is 1.43 bits per heavy atom. The van der Waals surface area contributed by atoms with Crippen LogP contribution in [0.4, 0.5) is 0 Å². The Hall–Kier alpha value is -1.22. The van der Waals surface area contributed by atoms with Crippen molar-refractivity contribution in [3.05, 3.63) is 35.2 Å². The lowest BCUT2D eigenvalue weighted by Crippen LogP contribution is -2.26. The summed E-state index contributed by atoms with van der Waals surface area (Å²) in [5.41, 5.74) is 0. The molecular formula is C13H20N4O2S2. The number of imidazole rings is 1. The molecule has 0 aliphatic rings. The maximum Gasteiger partial charge on any atom is 0.250 e. The molecule has 0 aliphatic carbocycles. The maximum absolute atomic E-state index is 12.3. The third kappa shape index (κ3) is 4.37. The van der Waals surface area contributed by atoms with Crippen LogP contribution in [0.15, 0.2) is 28.7 Å². The quantitative estimate of drug-likeness (QED) is 0.643.